The molecule has 3 rings (SSSR count). The molecule has 30 heavy (non-hydrogen) atoms. The second kappa shape index (κ2) is 8.19. The molecular weight excluding hydrogens is 410 g/mol. The van der Waals surface area contributed by atoms with Gasteiger partial charge in [-0.3, -0.25) is 9.48 Å². The molecule has 0 radical (unpaired) electrons. The number of hydrogen-bond donors (Lipinski definition) is 2. The van der Waals surface area contributed by atoms with Crippen LogP contribution in [0, 0.1) is 6.92 Å². The zero-order valence-corrected chi connectivity index (χ0v) is 19.2. The lowest BCUT2D eigenvalue weighted by Gasteiger charge is -2.51. The van der Waals surface area contributed by atoms with E-state index in [1.165, 1.54) is 14.8 Å². The van der Waals surface area contributed by atoms with Gasteiger partial charge >= 0.3 is 0 Å². The van der Waals surface area contributed by atoms with Crippen molar-refractivity contribution >= 4 is 16.1 Å². The van der Waals surface area contributed by atoms with Gasteiger partial charge in [-0.1, -0.05) is 6.92 Å². The lowest BCUT2D eigenvalue weighted by Crippen LogP contribution is -2.66. The van der Waals surface area contributed by atoms with E-state index in [4.69, 9.17) is 4.74 Å². The van der Waals surface area contributed by atoms with E-state index in [0.29, 0.717) is 44.5 Å². The predicted octanol–water partition coefficient (Wildman–Crippen LogP) is 0.0293. The first kappa shape index (κ1) is 23.1. The number of carbonyl (C=O) groups excluding carboxylic acids is 1. The molecule has 2 N–H and O–H groups in total. The van der Waals surface area contributed by atoms with Crippen LogP contribution in [0.4, 0.5) is 0 Å². The molecule has 2 aliphatic rings. The van der Waals surface area contributed by atoms with E-state index in [9.17, 15) is 18.3 Å². The fourth-order valence-electron chi connectivity index (χ4n) is 4.26. The average Bonchev–Trinajstić information content (AvgIpc) is 3.03. The monoisotopic (exact) mass is 443 g/mol. The van der Waals surface area contributed by atoms with E-state index in [2.05, 4.69) is 10.4 Å². The summed E-state index contributed by atoms with van der Waals surface area (Å²) in [6.07, 6.45) is 2.08. The topological polar surface area (TPSA) is 117 Å². The summed E-state index contributed by atoms with van der Waals surface area (Å²) in [4.78, 5) is 12.9. The van der Waals surface area contributed by atoms with E-state index in [-0.39, 0.29) is 12.5 Å². The first-order valence-corrected chi connectivity index (χ1v) is 11.7. The van der Waals surface area contributed by atoms with Crippen LogP contribution in [0.2, 0.25) is 0 Å². The Balaban J connectivity index is 1.72. The van der Waals surface area contributed by atoms with E-state index in [1.54, 1.807) is 25.7 Å². The number of amides is 1. The minimum absolute atomic E-state index is 0.0877. The Hall–Kier alpha value is -1.53. The first-order chi connectivity index (χ1) is 13.9. The molecule has 2 atom stereocenters. The molecule has 1 unspecified atom stereocenters. The molecule has 10 nitrogen and oxygen atoms in total. The Bertz CT molecular complexity index is 893. The maximum atomic E-state index is 12.9. The predicted molar refractivity (Wildman–Crippen MR) is 111 cm³/mol. The summed E-state index contributed by atoms with van der Waals surface area (Å²) in [6.45, 7) is 6.61. The largest absolute Gasteiger partial charge is 0.388 e. The summed E-state index contributed by atoms with van der Waals surface area (Å²) in [7, 11) is -0.144. The minimum Gasteiger partial charge on any atom is -0.388 e. The number of ether oxygens (including phenoxy) is 1. The van der Waals surface area contributed by atoms with Crippen LogP contribution in [0.1, 0.15) is 49.2 Å². The molecule has 2 fully saturated rings. The van der Waals surface area contributed by atoms with Crippen molar-refractivity contribution in [2.75, 3.05) is 33.3 Å². The van der Waals surface area contributed by atoms with Crippen molar-refractivity contribution in [1.82, 2.24) is 23.7 Å². The Morgan fingerprint density at radius 1 is 1.43 bits per heavy atom. The van der Waals surface area contributed by atoms with Crippen LogP contribution in [0.15, 0.2) is 6.20 Å². The van der Waals surface area contributed by atoms with Crippen molar-refractivity contribution in [3.63, 3.8) is 0 Å². The number of piperidine rings is 1. The summed E-state index contributed by atoms with van der Waals surface area (Å²) in [5.41, 5.74) is -0.262. The lowest BCUT2D eigenvalue weighted by atomic mass is 9.75. The fraction of sp³-hybridized carbons (Fsp3) is 0.789. The summed E-state index contributed by atoms with van der Waals surface area (Å²) in [5.74, 6) is -0.288. The summed E-state index contributed by atoms with van der Waals surface area (Å²) in [5, 5.41) is 17.7. The number of aryl methyl sites for hydroxylation is 1. The maximum Gasteiger partial charge on any atom is 0.281 e. The van der Waals surface area contributed by atoms with Crippen molar-refractivity contribution in [1.29, 1.82) is 0 Å². The van der Waals surface area contributed by atoms with Gasteiger partial charge in [0.05, 0.1) is 29.5 Å². The van der Waals surface area contributed by atoms with Gasteiger partial charge in [0, 0.05) is 45.8 Å². The van der Waals surface area contributed by atoms with Gasteiger partial charge in [0.2, 0.25) is 0 Å². The van der Waals surface area contributed by atoms with Gasteiger partial charge in [0.1, 0.15) is 6.10 Å². The van der Waals surface area contributed by atoms with Crippen LogP contribution in [0.5, 0.6) is 0 Å². The summed E-state index contributed by atoms with van der Waals surface area (Å²) < 4.78 is 35.7. The number of nitrogens with one attached hydrogen (secondary N) is 1. The van der Waals surface area contributed by atoms with Crippen LogP contribution in [-0.2, 0) is 22.0 Å². The Kier molecular flexibility index (Phi) is 6.32. The highest BCUT2D eigenvalue weighted by molar-refractivity contribution is 7.86. The van der Waals surface area contributed by atoms with Gasteiger partial charge in [-0.15, -0.1) is 0 Å². The van der Waals surface area contributed by atoms with Crippen molar-refractivity contribution in [2.24, 2.45) is 7.05 Å². The molecule has 2 saturated heterocycles. The van der Waals surface area contributed by atoms with E-state index < -0.39 is 27.5 Å². The quantitative estimate of drug-likeness (QED) is 0.663. The zero-order chi connectivity index (χ0) is 22.3. The summed E-state index contributed by atoms with van der Waals surface area (Å²) >= 11 is 0. The first-order valence-electron chi connectivity index (χ1n) is 10.3. The molecule has 170 valence electrons. The van der Waals surface area contributed by atoms with Gasteiger partial charge in [-0.05, 0) is 26.7 Å². The van der Waals surface area contributed by atoms with Gasteiger partial charge in [0.25, 0.3) is 16.1 Å². The second-order valence-corrected chi connectivity index (χ2v) is 10.7. The van der Waals surface area contributed by atoms with E-state index in [0.717, 1.165) is 5.69 Å². The molecule has 1 aromatic heterocycles. The van der Waals surface area contributed by atoms with Crippen molar-refractivity contribution in [2.45, 2.75) is 57.3 Å². The van der Waals surface area contributed by atoms with Crippen LogP contribution < -0.4 is 5.32 Å². The number of aromatic nitrogens is 2. The maximum absolute atomic E-state index is 12.9. The number of aliphatic hydroxyl groups is 1. The lowest BCUT2D eigenvalue weighted by molar-refractivity contribution is -0.173. The number of carbonyl (C=O) groups is 1. The van der Waals surface area contributed by atoms with Crippen molar-refractivity contribution in [3.05, 3.63) is 17.5 Å². The molecule has 0 bridgehead atoms. The zero-order valence-electron chi connectivity index (χ0n) is 18.4. The number of aliphatic hydroxyl groups excluding tert-OH is 1. The van der Waals surface area contributed by atoms with Gasteiger partial charge < -0.3 is 15.2 Å². The van der Waals surface area contributed by atoms with Crippen molar-refractivity contribution in [3.8, 4) is 0 Å². The molecule has 0 saturated carbocycles. The van der Waals surface area contributed by atoms with Crippen LogP contribution in [0.25, 0.3) is 0 Å². The highest BCUT2D eigenvalue weighted by atomic mass is 32.2. The van der Waals surface area contributed by atoms with E-state index >= 15 is 0 Å². The minimum atomic E-state index is -3.48. The molecule has 11 heteroatoms. The molecule has 3 heterocycles. The van der Waals surface area contributed by atoms with Crippen molar-refractivity contribution < 1.29 is 23.1 Å². The highest BCUT2D eigenvalue weighted by Gasteiger charge is 2.51. The van der Waals surface area contributed by atoms with E-state index in [1.807, 2.05) is 13.8 Å². The molecule has 1 amide bonds. The number of hydrogen-bond acceptors (Lipinski definition) is 6. The normalized spacial score (nSPS) is 27.5. The molecule has 1 spiro atoms. The molecular formula is C19H33N5O5S. The Morgan fingerprint density at radius 3 is 2.60 bits per heavy atom. The third-order valence-electron chi connectivity index (χ3n) is 6.65. The molecule has 2 aliphatic heterocycles. The molecule has 0 aliphatic carbocycles. The fourth-order valence-corrected chi connectivity index (χ4v) is 5.62. The van der Waals surface area contributed by atoms with Crippen LogP contribution in [0.3, 0.4) is 0 Å². The Labute approximate surface area is 178 Å². The number of nitrogens with zero attached hydrogens (tertiary/aromatic N) is 4. The third-order valence-corrected chi connectivity index (χ3v) is 8.71. The van der Waals surface area contributed by atoms with Crippen LogP contribution >= 0.6 is 0 Å². The SMILES string of the molecule is CCN(C)S(=O)(=O)N1CCC2(CC1)C[C@](C)(NC(=O)c1cnn(C)c1C)C(O)CO2. The highest BCUT2D eigenvalue weighted by Crippen LogP contribution is 2.40. The average molecular weight is 444 g/mol. The Morgan fingerprint density at radius 2 is 2.07 bits per heavy atom. The smallest absolute Gasteiger partial charge is 0.281 e. The van der Waals surface area contributed by atoms with Gasteiger partial charge in [-0.25, -0.2) is 0 Å². The summed E-state index contributed by atoms with van der Waals surface area (Å²) in [6, 6.07) is 0. The third kappa shape index (κ3) is 4.13. The van der Waals surface area contributed by atoms with Gasteiger partial charge in [0.15, 0.2) is 0 Å². The standard InChI is InChI=1S/C19H33N5O5S/c1-6-22(4)30(27,28)24-9-7-19(8-10-24)13-18(3,16(25)12-29-19)21-17(26)15-11-20-23(5)14(15)2/h11,16,25H,6-10,12-13H2,1-5H3,(H,21,26)/t16?,18-/m0/s1. The van der Waals surface area contributed by atoms with Crippen LogP contribution in [-0.4, -0.2) is 88.4 Å². The van der Waals surface area contributed by atoms with Gasteiger partial charge in [-0.2, -0.15) is 22.1 Å². The molecule has 0 aromatic carbocycles. The molecule has 1 aromatic rings. The number of rotatable bonds is 5. The second-order valence-electron chi connectivity index (χ2n) is 8.65.